The van der Waals surface area contributed by atoms with Crippen LogP contribution in [-0.4, -0.2) is 61.9 Å². The second kappa shape index (κ2) is 9.27. The highest BCUT2D eigenvalue weighted by atomic mass is 32.2. The van der Waals surface area contributed by atoms with Gasteiger partial charge in [0.05, 0.1) is 25.7 Å². The van der Waals surface area contributed by atoms with Gasteiger partial charge < -0.3 is 4.90 Å². The lowest BCUT2D eigenvalue weighted by molar-refractivity contribution is 0.112. The van der Waals surface area contributed by atoms with Crippen molar-refractivity contribution in [3.05, 3.63) is 29.3 Å². The number of aldehydes is 1. The Bertz CT molecular complexity index is 750. The SMILES string of the molecule is CCc1cc(N(CCOS(C)(=O)=O)CCOS(C)(=O)=O)ccc1C=O. The van der Waals surface area contributed by atoms with Gasteiger partial charge in [0.1, 0.15) is 6.29 Å². The van der Waals surface area contributed by atoms with Crippen LogP contribution in [0.2, 0.25) is 0 Å². The Labute approximate surface area is 149 Å². The minimum absolute atomic E-state index is 0.0887. The van der Waals surface area contributed by atoms with Crippen molar-refractivity contribution in [2.24, 2.45) is 0 Å². The quantitative estimate of drug-likeness (QED) is 0.402. The molecule has 0 aliphatic rings. The number of aryl methyl sites for hydroxylation is 1. The largest absolute Gasteiger partial charge is 0.367 e. The lowest BCUT2D eigenvalue weighted by Crippen LogP contribution is -2.32. The monoisotopic (exact) mass is 393 g/mol. The number of hydrogen-bond donors (Lipinski definition) is 0. The molecule has 142 valence electrons. The van der Waals surface area contributed by atoms with Crippen LogP contribution >= 0.6 is 0 Å². The summed E-state index contributed by atoms with van der Waals surface area (Å²) in [6.45, 7) is 2.16. The average Bonchev–Trinajstić information content (AvgIpc) is 2.50. The van der Waals surface area contributed by atoms with Crippen LogP contribution in [0.5, 0.6) is 0 Å². The third kappa shape index (κ3) is 8.43. The first-order chi connectivity index (χ1) is 11.6. The highest BCUT2D eigenvalue weighted by molar-refractivity contribution is 7.86. The molecule has 0 N–H and O–H groups in total. The molecular weight excluding hydrogens is 370 g/mol. The van der Waals surface area contributed by atoms with Gasteiger partial charge in [0, 0.05) is 24.3 Å². The highest BCUT2D eigenvalue weighted by Gasteiger charge is 2.12. The zero-order valence-corrected chi connectivity index (χ0v) is 16.1. The second-order valence-electron chi connectivity index (χ2n) is 5.39. The van der Waals surface area contributed by atoms with E-state index in [-0.39, 0.29) is 26.3 Å². The van der Waals surface area contributed by atoms with Crippen molar-refractivity contribution in [3.63, 3.8) is 0 Å². The maximum Gasteiger partial charge on any atom is 0.264 e. The second-order valence-corrected chi connectivity index (χ2v) is 8.68. The normalized spacial score (nSPS) is 12.1. The summed E-state index contributed by atoms with van der Waals surface area (Å²) < 4.78 is 53.9. The van der Waals surface area contributed by atoms with E-state index < -0.39 is 20.2 Å². The summed E-state index contributed by atoms with van der Waals surface area (Å²) in [5, 5.41) is 0. The number of anilines is 1. The third-order valence-electron chi connectivity index (χ3n) is 3.32. The molecule has 10 heteroatoms. The number of nitrogens with zero attached hydrogens (tertiary/aromatic N) is 1. The van der Waals surface area contributed by atoms with Gasteiger partial charge in [-0.15, -0.1) is 0 Å². The molecule has 0 aromatic heterocycles. The van der Waals surface area contributed by atoms with E-state index in [9.17, 15) is 21.6 Å². The summed E-state index contributed by atoms with van der Waals surface area (Å²) in [6.07, 6.45) is 3.33. The molecule has 0 heterocycles. The molecule has 1 rings (SSSR count). The topological polar surface area (TPSA) is 107 Å². The van der Waals surface area contributed by atoms with Gasteiger partial charge in [-0.25, -0.2) is 0 Å². The van der Waals surface area contributed by atoms with Gasteiger partial charge in [0.2, 0.25) is 0 Å². The van der Waals surface area contributed by atoms with Gasteiger partial charge in [-0.3, -0.25) is 13.2 Å². The molecule has 0 radical (unpaired) electrons. The summed E-state index contributed by atoms with van der Waals surface area (Å²) in [6, 6.07) is 5.19. The zero-order valence-electron chi connectivity index (χ0n) is 14.5. The fourth-order valence-corrected chi connectivity index (χ4v) is 2.93. The number of rotatable bonds is 11. The zero-order chi connectivity index (χ0) is 19.1. The van der Waals surface area contributed by atoms with Gasteiger partial charge in [-0.2, -0.15) is 16.8 Å². The van der Waals surface area contributed by atoms with E-state index in [0.717, 1.165) is 30.0 Å². The van der Waals surface area contributed by atoms with Crippen LogP contribution in [0.4, 0.5) is 5.69 Å². The number of hydrogen-bond acceptors (Lipinski definition) is 8. The van der Waals surface area contributed by atoms with Crippen LogP contribution < -0.4 is 4.90 Å². The molecule has 1 aromatic carbocycles. The van der Waals surface area contributed by atoms with Gasteiger partial charge >= 0.3 is 0 Å². The Morgan fingerprint density at radius 3 is 1.92 bits per heavy atom. The van der Waals surface area contributed by atoms with Crippen LogP contribution in [0.3, 0.4) is 0 Å². The lowest BCUT2D eigenvalue weighted by atomic mass is 10.0. The molecule has 1 aromatic rings. The number of carbonyl (C=O) groups excluding carboxylic acids is 1. The summed E-state index contributed by atoms with van der Waals surface area (Å²) in [7, 11) is -7.14. The predicted molar refractivity (Wildman–Crippen MR) is 95.0 cm³/mol. The Morgan fingerprint density at radius 1 is 1.00 bits per heavy atom. The Kier molecular flexibility index (Phi) is 8.00. The van der Waals surface area contributed by atoms with Crippen molar-refractivity contribution >= 4 is 32.2 Å². The smallest absolute Gasteiger partial charge is 0.264 e. The van der Waals surface area contributed by atoms with Crippen molar-refractivity contribution in [3.8, 4) is 0 Å². The van der Waals surface area contributed by atoms with Crippen LogP contribution in [0, 0.1) is 0 Å². The Hall–Kier alpha value is -1.49. The van der Waals surface area contributed by atoms with Crippen molar-refractivity contribution in [1.82, 2.24) is 0 Å². The number of carbonyl (C=O) groups is 1. The van der Waals surface area contributed by atoms with Crippen molar-refractivity contribution in [1.29, 1.82) is 0 Å². The van der Waals surface area contributed by atoms with E-state index in [0.29, 0.717) is 12.0 Å². The minimum Gasteiger partial charge on any atom is -0.367 e. The van der Waals surface area contributed by atoms with Gasteiger partial charge in [0.15, 0.2) is 0 Å². The predicted octanol–water partition coefficient (Wildman–Crippen LogP) is 0.820. The molecule has 0 saturated carbocycles. The molecule has 8 nitrogen and oxygen atoms in total. The fraction of sp³-hybridized carbons (Fsp3) is 0.533. The minimum atomic E-state index is -3.57. The van der Waals surface area contributed by atoms with E-state index in [2.05, 4.69) is 0 Å². The van der Waals surface area contributed by atoms with E-state index in [1.165, 1.54) is 0 Å². The molecule has 0 amide bonds. The molecule has 0 aliphatic heterocycles. The first-order valence-electron chi connectivity index (χ1n) is 7.57. The molecule has 0 fully saturated rings. The van der Waals surface area contributed by atoms with Crippen LogP contribution in [0.25, 0.3) is 0 Å². The fourth-order valence-electron chi connectivity index (χ4n) is 2.18. The first-order valence-corrected chi connectivity index (χ1v) is 11.2. The first kappa shape index (κ1) is 21.6. The van der Waals surface area contributed by atoms with Gasteiger partial charge in [0.25, 0.3) is 20.2 Å². The number of benzene rings is 1. The van der Waals surface area contributed by atoms with E-state index in [1.54, 1.807) is 17.0 Å². The standard InChI is InChI=1S/C15H23NO7S2/c1-4-13-11-15(6-5-14(13)12-17)16(7-9-22-24(2,18)19)8-10-23-25(3,20)21/h5-6,11-12H,4,7-10H2,1-3H3. The van der Waals surface area contributed by atoms with Crippen LogP contribution in [0.1, 0.15) is 22.8 Å². The summed E-state index contributed by atoms with van der Waals surface area (Å²) in [4.78, 5) is 12.8. The van der Waals surface area contributed by atoms with Crippen molar-refractivity contribution in [2.45, 2.75) is 13.3 Å². The summed E-state index contributed by atoms with van der Waals surface area (Å²) in [5.74, 6) is 0. The third-order valence-corrected chi connectivity index (χ3v) is 4.51. The molecule has 0 bridgehead atoms. The molecular formula is C15H23NO7S2. The van der Waals surface area contributed by atoms with E-state index in [4.69, 9.17) is 8.37 Å². The highest BCUT2D eigenvalue weighted by Crippen LogP contribution is 2.19. The lowest BCUT2D eigenvalue weighted by Gasteiger charge is -2.25. The van der Waals surface area contributed by atoms with Crippen molar-refractivity contribution < 1.29 is 30.0 Å². The summed E-state index contributed by atoms with van der Waals surface area (Å²) >= 11 is 0. The van der Waals surface area contributed by atoms with Gasteiger partial charge in [-0.1, -0.05) is 6.92 Å². The maximum atomic E-state index is 11.1. The molecule has 25 heavy (non-hydrogen) atoms. The van der Waals surface area contributed by atoms with Crippen LogP contribution in [0.15, 0.2) is 18.2 Å². The van der Waals surface area contributed by atoms with E-state index in [1.807, 2.05) is 13.0 Å². The maximum absolute atomic E-state index is 11.1. The molecule has 0 aliphatic carbocycles. The molecule has 0 atom stereocenters. The Morgan fingerprint density at radius 2 is 1.52 bits per heavy atom. The van der Waals surface area contributed by atoms with Crippen molar-refractivity contribution in [2.75, 3.05) is 43.7 Å². The van der Waals surface area contributed by atoms with Crippen LogP contribution in [-0.2, 0) is 35.0 Å². The summed E-state index contributed by atoms with van der Waals surface area (Å²) in [5.41, 5.74) is 2.13. The molecule has 0 saturated heterocycles. The average molecular weight is 393 g/mol. The van der Waals surface area contributed by atoms with Gasteiger partial charge in [-0.05, 0) is 30.2 Å². The Balaban J connectivity index is 2.93. The molecule has 0 spiro atoms. The van der Waals surface area contributed by atoms with E-state index >= 15 is 0 Å². The molecule has 0 unspecified atom stereocenters.